The smallest absolute Gasteiger partial charge is 0.129 e. The van der Waals surface area contributed by atoms with Crippen LogP contribution in [0, 0.1) is 17.1 Å². The Morgan fingerprint density at radius 2 is 1.95 bits per heavy atom. The number of halogens is 1. The molecule has 4 heteroatoms. The fourth-order valence-electron chi connectivity index (χ4n) is 2.75. The van der Waals surface area contributed by atoms with Crippen LogP contribution in [0.15, 0.2) is 18.2 Å². The van der Waals surface area contributed by atoms with Crippen molar-refractivity contribution in [1.82, 2.24) is 5.32 Å². The topological polar surface area (TPSA) is 56.0 Å². The Kier molecular flexibility index (Phi) is 5.11. The molecule has 0 saturated heterocycles. The molecule has 2 N–H and O–H groups in total. The number of hydrogen-bond acceptors (Lipinski definition) is 3. The predicted octanol–water partition coefficient (Wildman–Crippen LogP) is 2.87. The van der Waals surface area contributed by atoms with Crippen molar-refractivity contribution in [3.05, 3.63) is 35.1 Å². The Hall–Kier alpha value is -1.44. The molecule has 0 heterocycles. The summed E-state index contributed by atoms with van der Waals surface area (Å²) in [5.74, 6) is -0.371. The van der Waals surface area contributed by atoms with E-state index < -0.39 is 5.60 Å². The van der Waals surface area contributed by atoms with Gasteiger partial charge < -0.3 is 10.4 Å². The second-order valence-electron chi connectivity index (χ2n) is 5.66. The van der Waals surface area contributed by atoms with E-state index in [1.165, 1.54) is 18.9 Å². The molecule has 0 radical (unpaired) electrons. The number of nitrogens with zero attached hydrogens (tertiary/aromatic N) is 1. The van der Waals surface area contributed by atoms with Crippen molar-refractivity contribution >= 4 is 0 Å². The van der Waals surface area contributed by atoms with Crippen LogP contribution in [-0.4, -0.2) is 17.3 Å². The molecular formula is C16H21FN2O. The Bertz CT molecular complexity index is 488. The lowest BCUT2D eigenvalue weighted by atomic mass is 9.94. The second-order valence-corrected chi connectivity index (χ2v) is 5.66. The number of rotatable bonds is 4. The Balaban J connectivity index is 1.87. The van der Waals surface area contributed by atoms with E-state index in [1.54, 1.807) is 12.1 Å². The third kappa shape index (κ3) is 4.03. The number of nitrogens with one attached hydrogen (secondary N) is 1. The maximum Gasteiger partial charge on any atom is 0.129 e. The molecule has 1 aromatic rings. The normalized spacial score (nSPS) is 18.2. The van der Waals surface area contributed by atoms with Crippen LogP contribution in [0.5, 0.6) is 0 Å². The number of aliphatic hydroxyl groups is 1. The Labute approximate surface area is 119 Å². The molecule has 1 aliphatic rings. The fraction of sp³-hybridized carbons (Fsp3) is 0.562. The van der Waals surface area contributed by atoms with Gasteiger partial charge in [0.15, 0.2) is 0 Å². The van der Waals surface area contributed by atoms with Crippen LogP contribution >= 0.6 is 0 Å². The quantitative estimate of drug-likeness (QED) is 0.831. The van der Waals surface area contributed by atoms with Crippen LogP contribution in [0.25, 0.3) is 0 Å². The van der Waals surface area contributed by atoms with E-state index in [4.69, 9.17) is 5.26 Å². The number of hydrogen-bond donors (Lipinski definition) is 2. The highest BCUT2D eigenvalue weighted by Gasteiger charge is 2.27. The van der Waals surface area contributed by atoms with Gasteiger partial charge in [0.25, 0.3) is 0 Å². The van der Waals surface area contributed by atoms with Gasteiger partial charge in [-0.15, -0.1) is 0 Å². The van der Waals surface area contributed by atoms with Gasteiger partial charge in [0.05, 0.1) is 17.2 Å². The molecule has 20 heavy (non-hydrogen) atoms. The molecule has 1 saturated carbocycles. The summed E-state index contributed by atoms with van der Waals surface area (Å²) >= 11 is 0. The summed E-state index contributed by atoms with van der Waals surface area (Å²) in [5.41, 5.74) is 0.203. The molecule has 0 unspecified atom stereocenters. The molecule has 3 nitrogen and oxygen atoms in total. The lowest BCUT2D eigenvalue weighted by Gasteiger charge is -2.27. The van der Waals surface area contributed by atoms with Crippen molar-refractivity contribution in [2.75, 3.05) is 6.54 Å². The van der Waals surface area contributed by atoms with Crippen LogP contribution in [0.2, 0.25) is 0 Å². The van der Waals surface area contributed by atoms with E-state index in [0.717, 1.165) is 25.7 Å². The highest BCUT2D eigenvalue weighted by Crippen LogP contribution is 2.26. The minimum Gasteiger partial charge on any atom is -0.389 e. The average molecular weight is 276 g/mol. The molecule has 0 atom stereocenters. The molecule has 1 aromatic carbocycles. The lowest BCUT2D eigenvalue weighted by molar-refractivity contribution is 0.0250. The fourth-order valence-corrected chi connectivity index (χ4v) is 2.75. The van der Waals surface area contributed by atoms with Gasteiger partial charge in [0.1, 0.15) is 5.82 Å². The first-order chi connectivity index (χ1) is 9.63. The molecule has 1 aliphatic carbocycles. The molecule has 0 aromatic heterocycles. The summed E-state index contributed by atoms with van der Waals surface area (Å²) in [6.45, 7) is 0.867. The first kappa shape index (κ1) is 15.0. The van der Waals surface area contributed by atoms with Gasteiger partial charge >= 0.3 is 0 Å². The van der Waals surface area contributed by atoms with Crippen LogP contribution in [0.4, 0.5) is 4.39 Å². The second kappa shape index (κ2) is 6.83. The highest BCUT2D eigenvalue weighted by atomic mass is 19.1. The largest absolute Gasteiger partial charge is 0.389 e. The van der Waals surface area contributed by atoms with Gasteiger partial charge in [-0.2, -0.15) is 5.26 Å². The SMILES string of the molecule is N#Cc1ccc(CNCC2(O)CCCCCC2)c(F)c1. The minimum absolute atomic E-state index is 0.327. The van der Waals surface area contributed by atoms with Crippen molar-refractivity contribution in [3.8, 4) is 6.07 Å². The zero-order chi connectivity index (χ0) is 14.4. The third-order valence-electron chi connectivity index (χ3n) is 3.99. The van der Waals surface area contributed by atoms with Crippen molar-refractivity contribution in [3.63, 3.8) is 0 Å². The van der Waals surface area contributed by atoms with E-state index >= 15 is 0 Å². The summed E-state index contributed by atoms with van der Waals surface area (Å²) in [6.07, 6.45) is 6.12. The summed E-state index contributed by atoms with van der Waals surface area (Å²) < 4.78 is 13.7. The maximum atomic E-state index is 13.7. The first-order valence-electron chi connectivity index (χ1n) is 7.25. The van der Waals surface area contributed by atoms with Gasteiger partial charge in [0, 0.05) is 18.7 Å². The summed E-state index contributed by atoms with van der Waals surface area (Å²) in [6, 6.07) is 6.40. The average Bonchev–Trinajstić information content (AvgIpc) is 2.66. The number of nitriles is 1. The van der Waals surface area contributed by atoms with Crippen molar-refractivity contribution in [2.45, 2.75) is 50.7 Å². The van der Waals surface area contributed by atoms with Crippen LogP contribution < -0.4 is 5.32 Å². The van der Waals surface area contributed by atoms with Gasteiger partial charge in [-0.25, -0.2) is 4.39 Å². The van der Waals surface area contributed by atoms with Crippen LogP contribution in [-0.2, 0) is 6.54 Å². The van der Waals surface area contributed by atoms with Crippen molar-refractivity contribution in [2.24, 2.45) is 0 Å². The van der Waals surface area contributed by atoms with Gasteiger partial charge in [-0.3, -0.25) is 0 Å². The molecule has 0 spiro atoms. The summed E-state index contributed by atoms with van der Waals surface area (Å²) in [4.78, 5) is 0. The molecule has 2 rings (SSSR count). The maximum absolute atomic E-state index is 13.7. The molecule has 0 amide bonds. The number of benzene rings is 1. The Morgan fingerprint density at radius 1 is 1.25 bits per heavy atom. The molecule has 108 valence electrons. The Morgan fingerprint density at radius 3 is 2.55 bits per heavy atom. The predicted molar refractivity (Wildman–Crippen MR) is 75.5 cm³/mol. The van der Waals surface area contributed by atoms with E-state index in [0.29, 0.717) is 24.2 Å². The molecule has 1 fully saturated rings. The van der Waals surface area contributed by atoms with E-state index in [9.17, 15) is 9.50 Å². The highest BCUT2D eigenvalue weighted by molar-refractivity contribution is 5.32. The third-order valence-corrected chi connectivity index (χ3v) is 3.99. The van der Waals surface area contributed by atoms with Crippen LogP contribution in [0.3, 0.4) is 0 Å². The van der Waals surface area contributed by atoms with E-state index in [-0.39, 0.29) is 5.82 Å². The zero-order valence-electron chi connectivity index (χ0n) is 11.7. The van der Waals surface area contributed by atoms with Crippen LogP contribution in [0.1, 0.15) is 49.7 Å². The lowest BCUT2D eigenvalue weighted by Crippen LogP contribution is -2.40. The first-order valence-corrected chi connectivity index (χ1v) is 7.25. The monoisotopic (exact) mass is 276 g/mol. The van der Waals surface area contributed by atoms with Gasteiger partial charge in [0.2, 0.25) is 0 Å². The summed E-state index contributed by atoms with van der Waals surface area (Å²) in [7, 11) is 0. The van der Waals surface area contributed by atoms with E-state index in [2.05, 4.69) is 5.32 Å². The summed E-state index contributed by atoms with van der Waals surface area (Å²) in [5, 5.41) is 22.3. The van der Waals surface area contributed by atoms with Gasteiger partial charge in [-0.05, 0) is 25.0 Å². The van der Waals surface area contributed by atoms with Crippen molar-refractivity contribution in [1.29, 1.82) is 5.26 Å². The van der Waals surface area contributed by atoms with E-state index in [1.807, 2.05) is 6.07 Å². The van der Waals surface area contributed by atoms with Gasteiger partial charge in [-0.1, -0.05) is 31.7 Å². The standard InChI is InChI=1S/C16H21FN2O/c17-15-9-13(10-18)5-6-14(15)11-19-12-16(20)7-3-1-2-4-8-16/h5-6,9,19-20H,1-4,7-8,11-12H2. The molecular weight excluding hydrogens is 255 g/mol. The van der Waals surface area contributed by atoms with Crippen molar-refractivity contribution < 1.29 is 9.50 Å². The minimum atomic E-state index is -0.653. The molecule has 0 bridgehead atoms. The molecule has 0 aliphatic heterocycles. The zero-order valence-corrected chi connectivity index (χ0v) is 11.7.